The maximum atomic E-state index is 11.4. The monoisotopic (exact) mass is 283 g/mol. The van der Waals surface area contributed by atoms with Crippen LogP contribution in [0.15, 0.2) is 18.2 Å². The Balaban J connectivity index is 2.99. The molecule has 0 spiro atoms. The number of hydrogen-bond donors (Lipinski definition) is 1. The van der Waals surface area contributed by atoms with Crippen LogP contribution in [-0.2, 0) is 4.74 Å². The Morgan fingerprint density at radius 2 is 1.90 bits per heavy atom. The fraction of sp³-hybridized carbons (Fsp3) is 0.333. The highest BCUT2D eigenvalue weighted by Gasteiger charge is 2.23. The number of nitro groups is 1. The molecule has 1 rings (SSSR count). The summed E-state index contributed by atoms with van der Waals surface area (Å²) in [6.45, 7) is 4.90. The van der Waals surface area contributed by atoms with Gasteiger partial charge in [0.05, 0.1) is 4.92 Å². The summed E-state index contributed by atoms with van der Waals surface area (Å²) in [4.78, 5) is 32.1. The number of benzene rings is 1. The average molecular weight is 283 g/mol. The van der Waals surface area contributed by atoms with Crippen LogP contribution in [0.2, 0.25) is 0 Å². The van der Waals surface area contributed by atoms with E-state index in [2.05, 4.69) is 0 Å². The van der Waals surface area contributed by atoms with E-state index in [1.54, 1.807) is 20.8 Å². The number of carboxylic acid groups (broad SMARTS) is 1. The highest BCUT2D eigenvalue weighted by Crippen LogP contribution is 2.24. The van der Waals surface area contributed by atoms with Crippen molar-refractivity contribution in [1.82, 2.24) is 0 Å². The fourth-order valence-corrected chi connectivity index (χ4v) is 1.28. The molecule has 0 aromatic heterocycles. The second-order valence-corrected chi connectivity index (χ2v) is 4.81. The molecule has 0 fully saturated rings. The molecule has 108 valence electrons. The summed E-state index contributed by atoms with van der Waals surface area (Å²) in [6, 6.07) is 2.96. The van der Waals surface area contributed by atoms with E-state index in [0.29, 0.717) is 0 Å². The van der Waals surface area contributed by atoms with Crippen molar-refractivity contribution in [1.29, 1.82) is 0 Å². The van der Waals surface area contributed by atoms with Gasteiger partial charge in [-0.15, -0.1) is 0 Å². The number of carbonyl (C=O) groups is 2. The molecule has 8 heteroatoms. The number of carboxylic acids is 1. The molecular weight excluding hydrogens is 270 g/mol. The van der Waals surface area contributed by atoms with E-state index in [1.807, 2.05) is 0 Å². The Hall–Kier alpha value is -2.64. The highest BCUT2D eigenvalue weighted by molar-refractivity contribution is 5.93. The van der Waals surface area contributed by atoms with Crippen LogP contribution in [0, 0.1) is 10.1 Å². The highest BCUT2D eigenvalue weighted by atomic mass is 16.7. The summed E-state index contributed by atoms with van der Waals surface area (Å²) in [5, 5.41) is 19.5. The summed E-state index contributed by atoms with van der Waals surface area (Å²) >= 11 is 0. The normalized spacial score (nSPS) is 10.8. The van der Waals surface area contributed by atoms with Crippen LogP contribution in [0.1, 0.15) is 31.1 Å². The van der Waals surface area contributed by atoms with Crippen LogP contribution in [0.4, 0.5) is 10.5 Å². The summed E-state index contributed by atoms with van der Waals surface area (Å²) < 4.78 is 9.65. The van der Waals surface area contributed by atoms with E-state index in [0.717, 1.165) is 18.2 Å². The van der Waals surface area contributed by atoms with Crippen molar-refractivity contribution in [3.63, 3.8) is 0 Å². The van der Waals surface area contributed by atoms with Crippen molar-refractivity contribution >= 4 is 17.8 Å². The topological polar surface area (TPSA) is 116 Å². The first-order chi connectivity index (χ1) is 9.10. The van der Waals surface area contributed by atoms with Crippen LogP contribution in [0.3, 0.4) is 0 Å². The van der Waals surface area contributed by atoms with Crippen LogP contribution in [-0.4, -0.2) is 27.8 Å². The van der Waals surface area contributed by atoms with Crippen molar-refractivity contribution in [3.05, 3.63) is 33.9 Å². The van der Waals surface area contributed by atoms with Gasteiger partial charge in [0, 0.05) is 12.1 Å². The Kier molecular flexibility index (Phi) is 4.28. The second-order valence-electron chi connectivity index (χ2n) is 4.81. The Bertz CT molecular complexity index is 559. The summed E-state index contributed by atoms with van der Waals surface area (Å²) in [7, 11) is 0. The van der Waals surface area contributed by atoms with Crippen molar-refractivity contribution in [2.45, 2.75) is 26.4 Å². The molecule has 1 aromatic carbocycles. The molecule has 20 heavy (non-hydrogen) atoms. The van der Waals surface area contributed by atoms with Crippen molar-refractivity contribution in [3.8, 4) is 5.75 Å². The third-order valence-electron chi connectivity index (χ3n) is 1.99. The lowest BCUT2D eigenvalue weighted by atomic mass is 10.1. The smallest absolute Gasteiger partial charge is 0.477 e. The Morgan fingerprint density at radius 1 is 1.30 bits per heavy atom. The van der Waals surface area contributed by atoms with Gasteiger partial charge < -0.3 is 14.6 Å². The maximum Gasteiger partial charge on any atom is 0.514 e. The number of rotatable bonds is 3. The molecule has 1 N–H and O–H groups in total. The van der Waals surface area contributed by atoms with Crippen LogP contribution in [0.5, 0.6) is 5.75 Å². The number of hydrogen-bond acceptors (Lipinski definition) is 6. The Labute approximate surface area is 114 Å². The van der Waals surface area contributed by atoms with Gasteiger partial charge >= 0.3 is 12.1 Å². The minimum Gasteiger partial charge on any atom is -0.477 e. The largest absolute Gasteiger partial charge is 0.514 e. The van der Waals surface area contributed by atoms with Gasteiger partial charge in [0.2, 0.25) is 0 Å². The molecule has 0 saturated heterocycles. The molecule has 8 nitrogen and oxygen atoms in total. The quantitative estimate of drug-likeness (QED) is 0.392. The third kappa shape index (κ3) is 4.23. The number of aromatic carboxylic acids is 1. The maximum absolute atomic E-state index is 11.4. The molecular formula is C12H13NO7. The van der Waals surface area contributed by atoms with Crippen molar-refractivity contribution < 1.29 is 29.1 Å². The van der Waals surface area contributed by atoms with Crippen molar-refractivity contribution in [2.24, 2.45) is 0 Å². The van der Waals surface area contributed by atoms with Gasteiger partial charge in [-0.05, 0) is 26.8 Å². The molecule has 0 amide bonds. The lowest BCUT2D eigenvalue weighted by molar-refractivity contribution is -0.385. The average Bonchev–Trinajstić information content (AvgIpc) is 2.25. The first-order valence-corrected chi connectivity index (χ1v) is 5.53. The van der Waals surface area contributed by atoms with Crippen LogP contribution in [0.25, 0.3) is 0 Å². The molecule has 0 saturated carbocycles. The predicted molar refractivity (Wildman–Crippen MR) is 66.9 cm³/mol. The van der Waals surface area contributed by atoms with Gasteiger partial charge in [-0.1, -0.05) is 0 Å². The van der Waals surface area contributed by atoms with E-state index < -0.39 is 33.9 Å². The van der Waals surface area contributed by atoms with Crippen LogP contribution < -0.4 is 4.74 Å². The molecule has 0 aliphatic heterocycles. The molecule has 0 bridgehead atoms. The summed E-state index contributed by atoms with van der Waals surface area (Å²) in [5.41, 5.74) is -1.93. The van der Waals surface area contributed by atoms with Gasteiger partial charge in [0.25, 0.3) is 5.69 Å². The molecule has 0 aliphatic rings. The lowest BCUT2D eigenvalue weighted by Crippen LogP contribution is -2.26. The van der Waals surface area contributed by atoms with E-state index in [9.17, 15) is 19.7 Å². The first kappa shape index (κ1) is 15.4. The van der Waals surface area contributed by atoms with E-state index in [1.165, 1.54) is 0 Å². The third-order valence-corrected chi connectivity index (χ3v) is 1.99. The van der Waals surface area contributed by atoms with Crippen molar-refractivity contribution in [2.75, 3.05) is 0 Å². The van der Waals surface area contributed by atoms with Gasteiger partial charge in [-0.3, -0.25) is 10.1 Å². The zero-order chi connectivity index (χ0) is 15.5. The van der Waals surface area contributed by atoms with E-state index >= 15 is 0 Å². The minimum atomic E-state index is -1.49. The minimum absolute atomic E-state index is 0.151. The summed E-state index contributed by atoms with van der Waals surface area (Å²) in [5.74, 6) is -1.64. The number of nitro benzene ring substituents is 1. The van der Waals surface area contributed by atoms with Gasteiger partial charge in [-0.2, -0.15) is 0 Å². The molecule has 0 aliphatic carbocycles. The summed E-state index contributed by atoms with van der Waals surface area (Å²) in [6.07, 6.45) is -1.03. The van der Waals surface area contributed by atoms with Gasteiger partial charge in [0.15, 0.2) is 0 Å². The standard InChI is InChI=1S/C12H13NO7/c1-12(2,3)20-11(16)19-7-4-5-9(13(17)18)8(6-7)10(14)15/h4-6H,1-3H3,(H,14,15). The zero-order valence-electron chi connectivity index (χ0n) is 11.1. The van der Waals surface area contributed by atoms with Gasteiger partial charge in [0.1, 0.15) is 16.9 Å². The van der Waals surface area contributed by atoms with Crippen LogP contribution >= 0.6 is 0 Å². The Morgan fingerprint density at radius 3 is 2.35 bits per heavy atom. The number of carbonyl (C=O) groups excluding carboxylic acids is 1. The van der Waals surface area contributed by atoms with E-state index in [4.69, 9.17) is 14.6 Å². The lowest BCUT2D eigenvalue weighted by Gasteiger charge is -2.18. The number of ether oxygens (including phenoxy) is 2. The fourth-order valence-electron chi connectivity index (χ4n) is 1.28. The first-order valence-electron chi connectivity index (χ1n) is 5.53. The molecule has 1 aromatic rings. The molecule has 0 unspecified atom stereocenters. The number of nitrogens with zero attached hydrogens (tertiary/aromatic N) is 1. The van der Waals surface area contributed by atoms with Gasteiger partial charge in [-0.25, -0.2) is 9.59 Å². The zero-order valence-corrected chi connectivity index (χ0v) is 11.1. The SMILES string of the molecule is CC(C)(C)OC(=O)Oc1ccc([N+](=O)[O-])c(C(=O)O)c1. The molecule has 0 heterocycles. The second kappa shape index (κ2) is 5.55. The predicted octanol–water partition coefficient (Wildman–Crippen LogP) is 2.61. The van der Waals surface area contributed by atoms with E-state index in [-0.39, 0.29) is 5.75 Å². The molecule has 0 radical (unpaired) electrons. The molecule has 0 atom stereocenters.